The lowest BCUT2D eigenvalue weighted by Gasteiger charge is -2.14. The van der Waals surface area contributed by atoms with Crippen LogP contribution in [-0.4, -0.2) is 18.5 Å². The molecule has 156 valence electrons. The van der Waals surface area contributed by atoms with Gasteiger partial charge in [0, 0.05) is 0 Å². The zero-order valence-corrected chi connectivity index (χ0v) is 16.1. The van der Waals surface area contributed by atoms with Gasteiger partial charge < -0.3 is 10.1 Å². The number of benzene rings is 4. The molecule has 4 aromatic carbocycles. The number of ether oxygens (including phenoxy) is 1. The Morgan fingerprint density at radius 3 is 1.97 bits per heavy atom. The smallest absolute Gasteiger partial charge is 0.418 e. The van der Waals surface area contributed by atoms with Crippen molar-refractivity contribution in [2.45, 2.75) is 6.18 Å². The number of carbonyl (C=O) groups is 2. The minimum Gasteiger partial charge on any atom is -0.452 e. The van der Waals surface area contributed by atoms with Crippen LogP contribution in [0.1, 0.15) is 15.9 Å². The lowest BCUT2D eigenvalue weighted by atomic mass is 9.97. The topological polar surface area (TPSA) is 55.4 Å². The molecule has 0 aliphatic carbocycles. The molecule has 1 amide bonds. The number of amides is 1. The Hall–Kier alpha value is -3.87. The van der Waals surface area contributed by atoms with Crippen LogP contribution in [0.25, 0.3) is 21.5 Å². The first-order valence-corrected chi connectivity index (χ1v) is 9.38. The fourth-order valence-corrected chi connectivity index (χ4v) is 3.46. The summed E-state index contributed by atoms with van der Waals surface area (Å²) in [4.78, 5) is 25.1. The van der Waals surface area contributed by atoms with Gasteiger partial charge in [-0.1, -0.05) is 60.7 Å². The molecule has 1 N–H and O–H groups in total. The molecular weight excluding hydrogens is 407 g/mol. The Kier molecular flexibility index (Phi) is 5.33. The minimum absolute atomic E-state index is 0.303. The van der Waals surface area contributed by atoms with Gasteiger partial charge in [-0.3, -0.25) is 4.79 Å². The molecule has 0 aliphatic rings. The maximum absolute atomic E-state index is 13.1. The van der Waals surface area contributed by atoms with Gasteiger partial charge in [0.1, 0.15) is 0 Å². The van der Waals surface area contributed by atoms with Crippen molar-refractivity contribution in [3.63, 3.8) is 0 Å². The van der Waals surface area contributed by atoms with E-state index < -0.39 is 35.9 Å². The van der Waals surface area contributed by atoms with E-state index in [4.69, 9.17) is 4.74 Å². The van der Waals surface area contributed by atoms with Crippen molar-refractivity contribution in [3.05, 3.63) is 90.0 Å². The number of rotatable bonds is 4. The van der Waals surface area contributed by atoms with E-state index in [1.54, 1.807) is 24.3 Å². The van der Waals surface area contributed by atoms with E-state index in [-0.39, 0.29) is 0 Å². The van der Waals surface area contributed by atoms with Crippen LogP contribution in [0.15, 0.2) is 78.9 Å². The van der Waals surface area contributed by atoms with Crippen molar-refractivity contribution in [2.75, 3.05) is 11.9 Å². The molecule has 31 heavy (non-hydrogen) atoms. The Morgan fingerprint density at radius 1 is 0.806 bits per heavy atom. The van der Waals surface area contributed by atoms with Gasteiger partial charge in [-0.15, -0.1) is 0 Å². The van der Waals surface area contributed by atoms with E-state index in [0.717, 1.165) is 22.9 Å². The van der Waals surface area contributed by atoms with Crippen molar-refractivity contribution >= 4 is 39.1 Å². The van der Waals surface area contributed by atoms with E-state index in [0.29, 0.717) is 16.3 Å². The quantitative estimate of drug-likeness (QED) is 0.333. The third kappa shape index (κ3) is 4.21. The van der Waals surface area contributed by atoms with Crippen LogP contribution in [0.5, 0.6) is 0 Å². The number of hydrogen-bond acceptors (Lipinski definition) is 3. The molecule has 0 spiro atoms. The predicted octanol–water partition coefficient (Wildman–Crippen LogP) is 5.81. The Bertz CT molecular complexity index is 1240. The van der Waals surface area contributed by atoms with Gasteiger partial charge in [0.05, 0.1) is 16.8 Å². The highest BCUT2D eigenvalue weighted by Crippen LogP contribution is 2.34. The summed E-state index contributed by atoms with van der Waals surface area (Å²) in [6.45, 7) is -0.720. The van der Waals surface area contributed by atoms with E-state index in [1.165, 1.54) is 12.1 Å². The number of carbonyl (C=O) groups excluding carboxylic acids is 2. The monoisotopic (exact) mass is 423 g/mol. The highest BCUT2D eigenvalue weighted by molar-refractivity contribution is 6.16. The number of alkyl halides is 3. The summed E-state index contributed by atoms with van der Waals surface area (Å²) in [6.07, 6.45) is -4.62. The van der Waals surface area contributed by atoms with Crippen molar-refractivity contribution in [1.82, 2.24) is 0 Å². The van der Waals surface area contributed by atoms with Crippen LogP contribution < -0.4 is 5.32 Å². The van der Waals surface area contributed by atoms with Crippen LogP contribution >= 0.6 is 0 Å². The Labute approximate surface area is 175 Å². The van der Waals surface area contributed by atoms with Crippen LogP contribution in [0, 0.1) is 0 Å². The highest BCUT2D eigenvalue weighted by Gasteiger charge is 2.33. The molecular formula is C24H16F3NO3. The van der Waals surface area contributed by atoms with Crippen molar-refractivity contribution in [2.24, 2.45) is 0 Å². The number of hydrogen-bond donors (Lipinski definition) is 1. The molecule has 0 bridgehead atoms. The maximum atomic E-state index is 13.1. The third-order valence-electron chi connectivity index (χ3n) is 4.82. The molecule has 0 aromatic heterocycles. The number of nitrogens with one attached hydrogen (secondary N) is 1. The Balaban J connectivity index is 1.57. The van der Waals surface area contributed by atoms with E-state index >= 15 is 0 Å². The van der Waals surface area contributed by atoms with E-state index in [1.807, 2.05) is 30.3 Å². The van der Waals surface area contributed by atoms with Gasteiger partial charge in [-0.25, -0.2) is 4.79 Å². The summed E-state index contributed by atoms with van der Waals surface area (Å²) in [5, 5.41) is 5.14. The normalized spacial score (nSPS) is 11.5. The van der Waals surface area contributed by atoms with Crippen LogP contribution in [0.4, 0.5) is 18.9 Å². The molecule has 0 aliphatic heterocycles. The minimum atomic E-state index is -4.62. The molecule has 0 saturated heterocycles. The van der Waals surface area contributed by atoms with Crippen LogP contribution in [0.2, 0.25) is 0 Å². The average molecular weight is 423 g/mol. The molecule has 4 nitrogen and oxygen atoms in total. The lowest BCUT2D eigenvalue weighted by Crippen LogP contribution is -2.23. The van der Waals surface area contributed by atoms with E-state index in [9.17, 15) is 22.8 Å². The summed E-state index contributed by atoms with van der Waals surface area (Å²) < 4.78 is 44.5. The number of halogens is 3. The van der Waals surface area contributed by atoms with Gasteiger partial charge in [0.15, 0.2) is 6.61 Å². The van der Waals surface area contributed by atoms with Gasteiger partial charge in [0.2, 0.25) is 0 Å². The second kappa shape index (κ2) is 8.10. The van der Waals surface area contributed by atoms with Gasteiger partial charge in [0.25, 0.3) is 5.91 Å². The fraction of sp³-hybridized carbons (Fsp3) is 0.0833. The third-order valence-corrected chi connectivity index (χ3v) is 4.82. The second-order valence-electron chi connectivity index (χ2n) is 6.86. The molecule has 0 fully saturated rings. The summed E-state index contributed by atoms with van der Waals surface area (Å²) in [6, 6.07) is 21.1. The molecule has 0 radical (unpaired) electrons. The standard InChI is InChI=1S/C24H16F3NO3/c25-24(26,27)19-11-5-6-12-20(19)28-21(29)14-31-23(30)22-17-9-3-1-7-15(17)13-16-8-2-4-10-18(16)22/h1-13H,14H2,(H,28,29). The molecule has 0 atom stereocenters. The molecule has 4 aromatic rings. The molecule has 4 rings (SSSR count). The number of para-hydroxylation sites is 1. The second-order valence-corrected chi connectivity index (χ2v) is 6.86. The van der Waals surface area contributed by atoms with Gasteiger partial charge in [-0.05, 0) is 39.7 Å². The molecule has 0 heterocycles. The Morgan fingerprint density at radius 2 is 1.35 bits per heavy atom. The summed E-state index contributed by atoms with van der Waals surface area (Å²) in [7, 11) is 0. The molecule has 0 saturated carbocycles. The van der Waals surface area contributed by atoms with Gasteiger partial charge in [-0.2, -0.15) is 13.2 Å². The summed E-state index contributed by atoms with van der Waals surface area (Å²) >= 11 is 0. The first-order valence-electron chi connectivity index (χ1n) is 9.38. The maximum Gasteiger partial charge on any atom is 0.418 e. The highest BCUT2D eigenvalue weighted by atomic mass is 19.4. The van der Waals surface area contributed by atoms with Crippen LogP contribution in [0.3, 0.4) is 0 Å². The van der Waals surface area contributed by atoms with Crippen molar-refractivity contribution in [3.8, 4) is 0 Å². The van der Waals surface area contributed by atoms with Crippen LogP contribution in [-0.2, 0) is 15.7 Å². The average Bonchev–Trinajstić information content (AvgIpc) is 2.75. The predicted molar refractivity (Wildman–Crippen MR) is 112 cm³/mol. The van der Waals surface area contributed by atoms with E-state index in [2.05, 4.69) is 5.32 Å². The summed E-state index contributed by atoms with van der Waals surface area (Å²) in [5.74, 6) is -1.60. The van der Waals surface area contributed by atoms with Crippen molar-refractivity contribution < 1.29 is 27.5 Å². The fourth-order valence-electron chi connectivity index (χ4n) is 3.46. The SMILES string of the molecule is O=C(COC(=O)c1c2ccccc2cc2ccccc12)Nc1ccccc1C(F)(F)F. The lowest BCUT2D eigenvalue weighted by molar-refractivity contribution is -0.137. The zero-order chi connectivity index (χ0) is 22.0. The number of esters is 1. The summed E-state index contributed by atoms with van der Waals surface area (Å²) in [5.41, 5.74) is -1.07. The zero-order valence-electron chi connectivity index (χ0n) is 16.1. The van der Waals surface area contributed by atoms with Crippen molar-refractivity contribution in [1.29, 1.82) is 0 Å². The van der Waals surface area contributed by atoms with Gasteiger partial charge >= 0.3 is 12.1 Å². The first kappa shape index (κ1) is 20.4. The number of fused-ring (bicyclic) bond motifs is 2. The molecule has 7 heteroatoms. The first-order chi connectivity index (χ1) is 14.8. The largest absolute Gasteiger partial charge is 0.452 e. The number of anilines is 1. The molecule has 0 unspecified atom stereocenters.